The van der Waals surface area contributed by atoms with Gasteiger partial charge in [0.1, 0.15) is 4.90 Å². The van der Waals surface area contributed by atoms with E-state index in [2.05, 4.69) is 18.7 Å². The molecule has 1 atom stereocenters. The average molecular weight is 297 g/mol. The monoisotopic (exact) mass is 297 g/mol. The molecule has 0 aliphatic carbocycles. The summed E-state index contributed by atoms with van der Waals surface area (Å²) in [4.78, 5) is 2.50. The molecule has 6 heteroatoms. The smallest absolute Gasteiger partial charge is 0.245 e. The first kappa shape index (κ1) is 15.3. The van der Waals surface area contributed by atoms with Crippen LogP contribution in [-0.4, -0.2) is 49.8 Å². The third-order valence-electron chi connectivity index (χ3n) is 3.92. The Labute approximate surface area is 121 Å². The number of anilines is 1. The average Bonchev–Trinajstić information content (AvgIpc) is 2.38. The Morgan fingerprint density at radius 3 is 2.60 bits per heavy atom. The van der Waals surface area contributed by atoms with Crippen molar-refractivity contribution in [1.82, 2.24) is 9.21 Å². The van der Waals surface area contributed by atoms with E-state index in [1.165, 1.54) is 0 Å². The van der Waals surface area contributed by atoms with Crippen LogP contribution < -0.4 is 5.73 Å². The van der Waals surface area contributed by atoms with E-state index >= 15 is 0 Å². The summed E-state index contributed by atoms with van der Waals surface area (Å²) in [5.74, 6) is 0. The Hall–Kier alpha value is -1.11. The summed E-state index contributed by atoms with van der Waals surface area (Å²) in [6.07, 6.45) is 0. The number of benzene rings is 1. The molecule has 2 N–H and O–H groups in total. The van der Waals surface area contributed by atoms with Gasteiger partial charge in [0.2, 0.25) is 10.0 Å². The molecule has 0 spiro atoms. The van der Waals surface area contributed by atoms with Gasteiger partial charge in [0.15, 0.2) is 0 Å². The normalized spacial score (nSPS) is 22.1. The first-order valence-corrected chi connectivity index (χ1v) is 8.40. The van der Waals surface area contributed by atoms with E-state index < -0.39 is 10.0 Å². The summed E-state index contributed by atoms with van der Waals surface area (Å²) in [5.41, 5.74) is 7.18. The number of nitrogens with two attached hydrogens (primary N) is 1. The second-order valence-electron chi connectivity index (χ2n) is 5.38. The van der Waals surface area contributed by atoms with E-state index in [0.717, 1.165) is 18.7 Å². The van der Waals surface area contributed by atoms with Gasteiger partial charge >= 0.3 is 0 Å². The minimum Gasteiger partial charge on any atom is -0.398 e. The first-order chi connectivity index (χ1) is 9.36. The number of likely N-dealkylation sites (N-methyl/N-ethyl adjacent to an activating group) is 1. The van der Waals surface area contributed by atoms with Gasteiger partial charge in [-0.05, 0) is 38.1 Å². The summed E-state index contributed by atoms with van der Waals surface area (Å²) in [7, 11) is -3.49. The quantitative estimate of drug-likeness (QED) is 0.854. The molecule has 1 heterocycles. The summed E-state index contributed by atoms with van der Waals surface area (Å²) in [5, 5.41) is 0. The predicted octanol–water partition coefficient (Wildman–Crippen LogP) is 1.29. The van der Waals surface area contributed by atoms with Crippen molar-refractivity contribution < 1.29 is 8.42 Å². The van der Waals surface area contributed by atoms with Gasteiger partial charge in [-0.2, -0.15) is 4.31 Å². The minimum atomic E-state index is -3.49. The van der Waals surface area contributed by atoms with Crippen molar-refractivity contribution in [2.45, 2.75) is 31.7 Å². The van der Waals surface area contributed by atoms with Crippen LogP contribution in [0, 0.1) is 6.92 Å². The number of aryl methyl sites for hydroxylation is 1. The number of nitrogen functional groups attached to an aromatic ring is 1. The molecule has 0 aromatic heterocycles. The zero-order valence-corrected chi connectivity index (χ0v) is 13.2. The van der Waals surface area contributed by atoms with Gasteiger partial charge in [-0.25, -0.2) is 8.42 Å². The molecule has 1 aliphatic heterocycles. The number of nitrogens with zero attached hydrogens (tertiary/aromatic N) is 2. The van der Waals surface area contributed by atoms with Gasteiger partial charge in [-0.15, -0.1) is 0 Å². The van der Waals surface area contributed by atoms with Gasteiger partial charge in [0.05, 0.1) is 5.69 Å². The minimum absolute atomic E-state index is 0.222. The van der Waals surface area contributed by atoms with Crippen LogP contribution in [0.15, 0.2) is 23.1 Å². The Balaban J connectivity index is 2.27. The van der Waals surface area contributed by atoms with Crippen molar-refractivity contribution in [3.05, 3.63) is 23.8 Å². The van der Waals surface area contributed by atoms with Gasteiger partial charge < -0.3 is 5.73 Å². The largest absolute Gasteiger partial charge is 0.398 e. The van der Waals surface area contributed by atoms with E-state index in [4.69, 9.17) is 5.73 Å². The molecule has 112 valence electrons. The third kappa shape index (κ3) is 2.82. The van der Waals surface area contributed by atoms with Crippen LogP contribution in [0.2, 0.25) is 0 Å². The second-order valence-corrected chi connectivity index (χ2v) is 7.29. The highest BCUT2D eigenvalue weighted by Crippen LogP contribution is 2.25. The van der Waals surface area contributed by atoms with Gasteiger partial charge in [-0.3, -0.25) is 4.90 Å². The van der Waals surface area contributed by atoms with Crippen LogP contribution in [-0.2, 0) is 10.0 Å². The zero-order chi connectivity index (χ0) is 14.9. The molecule has 0 amide bonds. The van der Waals surface area contributed by atoms with Gasteiger partial charge in [0.25, 0.3) is 0 Å². The number of hydrogen-bond donors (Lipinski definition) is 1. The fourth-order valence-electron chi connectivity index (χ4n) is 2.69. The number of rotatable bonds is 3. The molecule has 2 rings (SSSR count). The van der Waals surface area contributed by atoms with Crippen LogP contribution in [0.3, 0.4) is 0 Å². The molecule has 0 bridgehead atoms. The summed E-state index contributed by atoms with van der Waals surface area (Å²) >= 11 is 0. The summed E-state index contributed by atoms with van der Waals surface area (Å²) in [6.45, 7) is 8.80. The van der Waals surface area contributed by atoms with Crippen LogP contribution in [0.4, 0.5) is 5.69 Å². The Bertz CT molecular complexity index is 586. The van der Waals surface area contributed by atoms with Crippen molar-refractivity contribution in [3.8, 4) is 0 Å². The van der Waals surface area contributed by atoms with Crippen LogP contribution >= 0.6 is 0 Å². The molecule has 1 fully saturated rings. The first-order valence-electron chi connectivity index (χ1n) is 6.96. The molecule has 0 saturated carbocycles. The Morgan fingerprint density at radius 1 is 1.35 bits per heavy atom. The molecule has 5 nitrogen and oxygen atoms in total. The lowest BCUT2D eigenvalue weighted by Gasteiger charge is -2.38. The lowest BCUT2D eigenvalue weighted by molar-refractivity contribution is 0.135. The third-order valence-corrected chi connectivity index (χ3v) is 5.86. The fourth-order valence-corrected chi connectivity index (χ4v) is 4.30. The molecular weight excluding hydrogens is 274 g/mol. The SMILES string of the molecule is CCN1CCN(S(=O)(=O)c2ccc(C)cc2N)CC1C. The molecule has 1 aromatic carbocycles. The molecule has 1 aromatic rings. The van der Waals surface area contributed by atoms with Crippen LogP contribution in [0.5, 0.6) is 0 Å². The molecule has 0 radical (unpaired) electrons. The van der Waals surface area contributed by atoms with Gasteiger partial charge in [0, 0.05) is 25.7 Å². The highest BCUT2D eigenvalue weighted by molar-refractivity contribution is 7.89. The number of piperazine rings is 1. The van der Waals surface area contributed by atoms with Crippen molar-refractivity contribution >= 4 is 15.7 Å². The van der Waals surface area contributed by atoms with E-state index in [9.17, 15) is 8.42 Å². The van der Waals surface area contributed by atoms with E-state index in [1.54, 1.807) is 22.5 Å². The lowest BCUT2D eigenvalue weighted by Crippen LogP contribution is -2.53. The van der Waals surface area contributed by atoms with Crippen LogP contribution in [0.25, 0.3) is 0 Å². The maximum atomic E-state index is 12.7. The summed E-state index contributed by atoms with van der Waals surface area (Å²) in [6, 6.07) is 5.33. The topological polar surface area (TPSA) is 66.6 Å². The van der Waals surface area contributed by atoms with Crippen molar-refractivity contribution in [2.75, 3.05) is 31.9 Å². The molecular formula is C14H23N3O2S. The standard InChI is InChI=1S/C14H23N3O2S/c1-4-16-7-8-17(10-12(16)3)20(18,19)14-6-5-11(2)9-13(14)15/h5-6,9,12H,4,7-8,10,15H2,1-3H3. The van der Waals surface area contributed by atoms with Crippen molar-refractivity contribution in [2.24, 2.45) is 0 Å². The fraction of sp³-hybridized carbons (Fsp3) is 0.571. The molecule has 1 saturated heterocycles. The second kappa shape index (κ2) is 5.71. The highest BCUT2D eigenvalue weighted by atomic mass is 32.2. The zero-order valence-electron chi connectivity index (χ0n) is 12.3. The van der Waals surface area contributed by atoms with Gasteiger partial charge in [-0.1, -0.05) is 13.0 Å². The molecule has 20 heavy (non-hydrogen) atoms. The Morgan fingerprint density at radius 2 is 2.05 bits per heavy atom. The predicted molar refractivity (Wildman–Crippen MR) is 81.1 cm³/mol. The molecule has 1 unspecified atom stereocenters. The number of hydrogen-bond acceptors (Lipinski definition) is 4. The highest BCUT2D eigenvalue weighted by Gasteiger charge is 2.32. The van der Waals surface area contributed by atoms with Crippen molar-refractivity contribution in [1.29, 1.82) is 0 Å². The maximum Gasteiger partial charge on any atom is 0.245 e. The molecule has 1 aliphatic rings. The number of sulfonamides is 1. The van der Waals surface area contributed by atoms with Crippen LogP contribution in [0.1, 0.15) is 19.4 Å². The van der Waals surface area contributed by atoms with Crippen molar-refractivity contribution in [3.63, 3.8) is 0 Å². The van der Waals surface area contributed by atoms with E-state index in [-0.39, 0.29) is 10.9 Å². The Kier molecular flexibility index (Phi) is 4.36. The lowest BCUT2D eigenvalue weighted by atomic mass is 10.2. The van der Waals surface area contributed by atoms with E-state index in [1.807, 2.05) is 6.92 Å². The maximum absolute atomic E-state index is 12.7. The summed E-state index contributed by atoms with van der Waals surface area (Å²) < 4.78 is 26.9. The van der Waals surface area contributed by atoms with E-state index in [0.29, 0.717) is 18.8 Å².